The largest absolute Gasteiger partial charge is 0.0805 e. The molecule has 4 bridgehead atoms. The van der Waals surface area contributed by atoms with Crippen LogP contribution in [0.2, 0.25) is 0 Å². The Morgan fingerprint density at radius 1 is 1.40 bits per heavy atom. The topological polar surface area (TPSA) is 0 Å². The molecule has 3 aliphatic rings. The predicted octanol–water partition coefficient (Wildman–Crippen LogP) is 2.53. The molecule has 3 atom stereocenters. The van der Waals surface area contributed by atoms with Crippen LogP contribution in [-0.4, -0.2) is 0 Å². The first kappa shape index (κ1) is 5.17. The van der Waals surface area contributed by atoms with Crippen LogP contribution in [0.25, 0.3) is 0 Å². The fourth-order valence-electron chi connectivity index (χ4n) is 2.83. The summed E-state index contributed by atoms with van der Waals surface area (Å²) in [7, 11) is 0. The van der Waals surface area contributed by atoms with Gasteiger partial charge < -0.3 is 0 Å². The van der Waals surface area contributed by atoms with Gasteiger partial charge in [0.2, 0.25) is 0 Å². The van der Waals surface area contributed by atoms with Crippen LogP contribution in [-0.2, 0) is 0 Å². The molecule has 0 aromatic carbocycles. The number of rotatable bonds is 0. The molecule has 0 aromatic rings. The van der Waals surface area contributed by atoms with E-state index >= 15 is 0 Å². The normalized spacial score (nSPS) is 48.0. The van der Waals surface area contributed by atoms with E-state index in [-0.39, 0.29) is 0 Å². The second-order valence-corrected chi connectivity index (χ2v) is 3.84. The molecule has 0 nitrogen and oxygen atoms in total. The molecule has 0 heteroatoms. The summed E-state index contributed by atoms with van der Waals surface area (Å²) in [6.45, 7) is 0. The maximum absolute atomic E-state index is 2.42. The summed E-state index contributed by atoms with van der Waals surface area (Å²) in [4.78, 5) is 0. The van der Waals surface area contributed by atoms with Crippen LogP contribution in [0.15, 0.2) is 23.8 Å². The van der Waals surface area contributed by atoms with Crippen LogP contribution in [0.4, 0.5) is 0 Å². The van der Waals surface area contributed by atoms with Crippen molar-refractivity contribution >= 4 is 0 Å². The molecule has 0 spiro atoms. The molecule has 52 valence electrons. The Morgan fingerprint density at radius 2 is 2.40 bits per heavy atom. The molecule has 0 N–H and O–H groups in total. The zero-order valence-electron chi connectivity index (χ0n) is 6.09. The monoisotopic (exact) mass is 132 g/mol. The van der Waals surface area contributed by atoms with Crippen molar-refractivity contribution in [2.75, 3.05) is 0 Å². The second-order valence-electron chi connectivity index (χ2n) is 3.84. The van der Waals surface area contributed by atoms with Crippen molar-refractivity contribution in [3.05, 3.63) is 23.8 Å². The fourth-order valence-corrected chi connectivity index (χ4v) is 2.83. The minimum Gasteiger partial charge on any atom is -0.0805 e. The van der Waals surface area contributed by atoms with E-state index in [9.17, 15) is 0 Å². The third-order valence-electron chi connectivity index (χ3n) is 3.49. The summed E-state index contributed by atoms with van der Waals surface area (Å²) in [5.74, 6) is 3.02. The molecular formula is C10H12. The summed E-state index contributed by atoms with van der Waals surface area (Å²) >= 11 is 0. The molecule has 0 aromatic heterocycles. The zero-order chi connectivity index (χ0) is 6.55. The van der Waals surface area contributed by atoms with Crippen LogP contribution < -0.4 is 0 Å². The lowest BCUT2D eigenvalue weighted by molar-refractivity contribution is 0.0954. The van der Waals surface area contributed by atoms with E-state index < -0.39 is 0 Å². The Morgan fingerprint density at radius 3 is 3.10 bits per heavy atom. The quantitative estimate of drug-likeness (QED) is 0.475. The van der Waals surface area contributed by atoms with Crippen molar-refractivity contribution in [1.29, 1.82) is 0 Å². The van der Waals surface area contributed by atoms with Crippen molar-refractivity contribution in [3.8, 4) is 0 Å². The van der Waals surface area contributed by atoms with E-state index in [2.05, 4.69) is 18.2 Å². The standard InChI is InChI=1S/C10H12/c1-2-7-4-5-8-6-10(7)9(8)3-1/h1-3,8-10H,4-6H2. The summed E-state index contributed by atoms with van der Waals surface area (Å²) in [5.41, 5.74) is 1.75. The van der Waals surface area contributed by atoms with E-state index in [0.717, 1.165) is 17.8 Å². The number of hydrogen-bond donors (Lipinski definition) is 0. The van der Waals surface area contributed by atoms with Crippen molar-refractivity contribution in [2.24, 2.45) is 17.8 Å². The predicted molar refractivity (Wildman–Crippen MR) is 41.5 cm³/mol. The van der Waals surface area contributed by atoms with E-state index in [1.54, 1.807) is 5.57 Å². The lowest BCUT2D eigenvalue weighted by atomic mass is 9.54. The van der Waals surface area contributed by atoms with Crippen LogP contribution >= 0.6 is 0 Å². The van der Waals surface area contributed by atoms with E-state index in [1.165, 1.54) is 19.3 Å². The van der Waals surface area contributed by atoms with Gasteiger partial charge in [0, 0.05) is 0 Å². The lowest BCUT2D eigenvalue weighted by Gasteiger charge is -2.51. The van der Waals surface area contributed by atoms with E-state index in [4.69, 9.17) is 0 Å². The highest BCUT2D eigenvalue weighted by atomic mass is 14.5. The van der Waals surface area contributed by atoms with Gasteiger partial charge in [0.25, 0.3) is 0 Å². The lowest BCUT2D eigenvalue weighted by Crippen LogP contribution is -2.41. The molecule has 3 rings (SSSR count). The Balaban J connectivity index is 2.07. The van der Waals surface area contributed by atoms with Gasteiger partial charge in [0.1, 0.15) is 0 Å². The summed E-state index contributed by atoms with van der Waals surface area (Å²) < 4.78 is 0. The highest BCUT2D eigenvalue weighted by Gasteiger charge is 2.45. The van der Waals surface area contributed by atoms with Gasteiger partial charge >= 0.3 is 0 Å². The van der Waals surface area contributed by atoms with Gasteiger partial charge in [-0.15, -0.1) is 0 Å². The third-order valence-corrected chi connectivity index (χ3v) is 3.49. The second kappa shape index (κ2) is 1.55. The smallest absolute Gasteiger partial charge is 0.0132 e. The van der Waals surface area contributed by atoms with Crippen molar-refractivity contribution in [1.82, 2.24) is 0 Å². The molecule has 2 saturated carbocycles. The summed E-state index contributed by atoms with van der Waals surface area (Å²) in [6.07, 6.45) is 11.4. The maximum Gasteiger partial charge on any atom is -0.0132 e. The van der Waals surface area contributed by atoms with Crippen molar-refractivity contribution < 1.29 is 0 Å². The van der Waals surface area contributed by atoms with Gasteiger partial charge in [0.05, 0.1) is 0 Å². The van der Waals surface area contributed by atoms with Crippen LogP contribution in [0.5, 0.6) is 0 Å². The molecule has 3 aliphatic carbocycles. The Labute approximate surface area is 61.6 Å². The molecular weight excluding hydrogens is 120 g/mol. The highest BCUT2D eigenvalue weighted by Crippen LogP contribution is 2.55. The number of allylic oxidation sites excluding steroid dienone is 4. The molecule has 0 aliphatic heterocycles. The van der Waals surface area contributed by atoms with Gasteiger partial charge in [0.15, 0.2) is 0 Å². The average molecular weight is 132 g/mol. The molecule has 10 heavy (non-hydrogen) atoms. The van der Waals surface area contributed by atoms with Gasteiger partial charge in [-0.05, 0) is 37.0 Å². The first-order valence-corrected chi connectivity index (χ1v) is 4.32. The Bertz CT molecular complexity index is 220. The molecule has 0 heterocycles. The Hall–Kier alpha value is -0.520. The first-order chi connectivity index (χ1) is 4.95. The molecule has 2 fully saturated rings. The van der Waals surface area contributed by atoms with E-state index in [0.29, 0.717) is 0 Å². The van der Waals surface area contributed by atoms with Crippen molar-refractivity contribution in [2.45, 2.75) is 19.3 Å². The number of hydrogen-bond acceptors (Lipinski definition) is 0. The summed E-state index contributed by atoms with van der Waals surface area (Å²) in [6, 6.07) is 0. The van der Waals surface area contributed by atoms with Gasteiger partial charge in [-0.25, -0.2) is 0 Å². The van der Waals surface area contributed by atoms with Crippen LogP contribution in [0, 0.1) is 17.8 Å². The Kier molecular flexibility index (Phi) is 0.803. The molecule has 0 amide bonds. The SMILES string of the molecule is C1=CC2C3CCC(=C1)C2C3. The van der Waals surface area contributed by atoms with Gasteiger partial charge in [-0.2, -0.15) is 0 Å². The van der Waals surface area contributed by atoms with Gasteiger partial charge in [-0.3, -0.25) is 0 Å². The van der Waals surface area contributed by atoms with E-state index in [1.807, 2.05) is 0 Å². The fraction of sp³-hybridized carbons (Fsp3) is 0.600. The van der Waals surface area contributed by atoms with Gasteiger partial charge in [-0.1, -0.05) is 23.8 Å². The minimum atomic E-state index is 0.966. The third kappa shape index (κ3) is 0.448. The van der Waals surface area contributed by atoms with Crippen LogP contribution in [0.1, 0.15) is 19.3 Å². The van der Waals surface area contributed by atoms with Crippen LogP contribution in [0.3, 0.4) is 0 Å². The minimum absolute atomic E-state index is 0.966. The summed E-state index contributed by atoms with van der Waals surface area (Å²) in [5, 5.41) is 0. The highest BCUT2D eigenvalue weighted by molar-refractivity contribution is 5.30. The zero-order valence-corrected chi connectivity index (χ0v) is 6.09. The molecule has 3 unspecified atom stereocenters. The van der Waals surface area contributed by atoms with Crippen molar-refractivity contribution in [3.63, 3.8) is 0 Å². The molecule has 0 radical (unpaired) electrons. The average Bonchev–Trinajstić information content (AvgIpc) is 1.96. The first-order valence-electron chi connectivity index (χ1n) is 4.32. The molecule has 0 saturated heterocycles. The maximum atomic E-state index is 2.42.